The van der Waals surface area contributed by atoms with E-state index < -0.39 is 8.25 Å². The number of piperidine rings is 1. The van der Waals surface area contributed by atoms with Crippen LogP contribution in [0.5, 0.6) is 0 Å². The van der Waals surface area contributed by atoms with Crippen LogP contribution in [0.4, 0.5) is 0 Å². The maximum absolute atomic E-state index is 8.63. The van der Waals surface area contributed by atoms with E-state index in [0.29, 0.717) is 0 Å². The van der Waals surface area contributed by atoms with E-state index >= 15 is 0 Å². The first-order chi connectivity index (χ1) is 4.73. The Hall–Kier alpha value is 1.71. The SMILES string of the molecule is C1CCNCC1.O.O=[PH]([O-])O.[K+]. The van der Waals surface area contributed by atoms with Crippen LogP contribution in [0.1, 0.15) is 19.3 Å². The molecule has 1 aliphatic heterocycles. The Kier molecular flexibility index (Phi) is 24.4. The van der Waals surface area contributed by atoms with Gasteiger partial charge in [-0.1, -0.05) is 6.42 Å². The van der Waals surface area contributed by atoms with Crippen molar-refractivity contribution in [2.75, 3.05) is 13.1 Å². The van der Waals surface area contributed by atoms with Crippen LogP contribution in [0, 0.1) is 0 Å². The van der Waals surface area contributed by atoms with Crippen molar-refractivity contribution in [3.8, 4) is 0 Å². The first-order valence-electron chi connectivity index (χ1n) is 3.34. The van der Waals surface area contributed by atoms with E-state index in [-0.39, 0.29) is 56.9 Å². The van der Waals surface area contributed by atoms with Crippen LogP contribution < -0.4 is 61.6 Å². The van der Waals surface area contributed by atoms with Gasteiger partial charge in [0.15, 0.2) is 0 Å². The molecule has 0 aliphatic carbocycles. The third kappa shape index (κ3) is 22.6. The van der Waals surface area contributed by atoms with Gasteiger partial charge in [-0.05, 0) is 25.9 Å². The van der Waals surface area contributed by atoms with Crippen LogP contribution in [0.3, 0.4) is 0 Å². The molecular weight excluding hydrogens is 208 g/mol. The Bertz CT molecular complexity index is 85.9. The molecular formula is C5H15KNO4P. The molecule has 12 heavy (non-hydrogen) atoms. The summed E-state index contributed by atoms with van der Waals surface area (Å²) < 4.78 is 8.63. The first kappa shape index (κ1) is 19.3. The number of hydrogen-bond donors (Lipinski definition) is 2. The second-order valence-corrected chi connectivity index (χ2v) is 2.61. The molecule has 0 spiro atoms. The van der Waals surface area contributed by atoms with E-state index in [9.17, 15) is 0 Å². The van der Waals surface area contributed by atoms with Gasteiger partial charge < -0.3 is 25.1 Å². The van der Waals surface area contributed by atoms with Gasteiger partial charge >= 0.3 is 51.4 Å². The van der Waals surface area contributed by atoms with Crippen molar-refractivity contribution >= 4 is 8.25 Å². The maximum atomic E-state index is 8.63. The molecule has 1 fully saturated rings. The Balaban J connectivity index is -0.000000124. The van der Waals surface area contributed by atoms with Gasteiger partial charge in [0.1, 0.15) is 8.25 Å². The second-order valence-electron chi connectivity index (χ2n) is 2.08. The average Bonchev–Trinajstić information content (AvgIpc) is 1.90. The molecule has 1 heterocycles. The summed E-state index contributed by atoms with van der Waals surface area (Å²) in [6, 6.07) is 0. The summed E-state index contributed by atoms with van der Waals surface area (Å²) in [5.41, 5.74) is 0. The normalized spacial score (nSPS) is 17.2. The summed E-state index contributed by atoms with van der Waals surface area (Å²) in [7, 11) is -3.38. The van der Waals surface area contributed by atoms with Crippen molar-refractivity contribution in [2.45, 2.75) is 19.3 Å². The molecule has 0 aromatic carbocycles. The van der Waals surface area contributed by atoms with Crippen LogP contribution in [0.15, 0.2) is 0 Å². The third-order valence-corrected chi connectivity index (χ3v) is 1.21. The van der Waals surface area contributed by atoms with Crippen molar-refractivity contribution in [1.29, 1.82) is 0 Å². The molecule has 0 aromatic rings. The van der Waals surface area contributed by atoms with Gasteiger partial charge in [0, 0.05) is 0 Å². The molecule has 5 nitrogen and oxygen atoms in total. The second kappa shape index (κ2) is 15.2. The van der Waals surface area contributed by atoms with E-state index in [1.807, 2.05) is 0 Å². The van der Waals surface area contributed by atoms with Crippen LogP contribution >= 0.6 is 8.25 Å². The van der Waals surface area contributed by atoms with Gasteiger partial charge in [-0.15, -0.1) is 0 Å². The van der Waals surface area contributed by atoms with Crippen molar-refractivity contribution in [1.82, 2.24) is 5.32 Å². The molecule has 4 N–H and O–H groups in total. The van der Waals surface area contributed by atoms with Crippen LogP contribution in [0.25, 0.3) is 0 Å². The monoisotopic (exact) mass is 223 g/mol. The van der Waals surface area contributed by atoms with E-state index in [0.717, 1.165) is 0 Å². The molecule has 0 saturated carbocycles. The predicted molar refractivity (Wildman–Crippen MR) is 41.6 cm³/mol. The van der Waals surface area contributed by atoms with Crippen molar-refractivity contribution in [2.24, 2.45) is 0 Å². The molecule has 1 rings (SSSR count). The smallest absolute Gasteiger partial charge is 0.781 e. The van der Waals surface area contributed by atoms with Gasteiger partial charge in [-0.2, -0.15) is 0 Å². The molecule has 0 aromatic heterocycles. The topological polar surface area (TPSA) is 104 Å². The Labute approximate surface area is 116 Å². The Morgan fingerprint density at radius 3 is 1.67 bits per heavy atom. The van der Waals surface area contributed by atoms with Crippen LogP contribution in [0.2, 0.25) is 0 Å². The number of nitrogens with one attached hydrogen (secondary N) is 1. The van der Waals surface area contributed by atoms with Gasteiger partial charge in [0.25, 0.3) is 0 Å². The van der Waals surface area contributed by atoms with Crippen LogP contribution in [-0.2, 0) is 4.57 Å². The summed E-state index contributed by atoms with van der Waals surface area (Å²) in [5.74, 6) is 0. The molecule has 1 unspecified atom stereocenters. The summed E-state index contributed by atoms with van der Waals surface area (Å²) in [5, 5.41) is 3.28. The molecule has 0 bridgehead atoms. The molecule has 70 valence electrons. The molecule has 1 aliphatic rings. The van der Waals surface area contributed by atoms with Crippen molar-refractivity contribution < 1.29 is 71.2 Å². The standard InChI is InChI=1S/C5H11N.K.H3O3P.H2O/c1-2-4-6-5-3-1;;1-4(2)3;/h6H,1-5H2;;4H,(H2,1,2,3);1H2/q;+1;;/p-1. The fraction of sp³-hybridized carbons (Fsp3) is 1.00. The van der Waals surface area contributed by atoms with E-state index in [1.165, 1.54) is 32.4 Å². The zero-order valence-corrected chi connectivity index (χ0v) is 11.4. The summed E-state index contributed by atoms with van der Waals surface area (Å²) in [6.07, 6.45) is 4.22. The minimum atomic E-state index is -3.38. The molecule has 0 radical (unpaired) electrons. The van der Waals surface area contributed by atoms with Crippen molar-refractivity contribution in [3.63, 3.8) is 0 Å². The molecule has 0 amide bonds. The number of hydrogen-bond acceptors (Lipinski definition) is 3. The largest absolute Gasteiger partial charge is 1.00 e. The van der Waals surface area contributed by atoms with Gasteiger partial charge in [0.2, 0.25) is 0 Å². The van der Waals surface area contributed by atoms with Crippen molar-refractivity contribution in [3.05, 3.63) is 0 Å². The molecule has 7 heteroatoms. The van der Waals surface area contributed by atoms with Gasteiger partial charge in [0.05, 0.1) is 0 Å². The van der Waals surface area contributed by atoms with E-state index in [4.69, 9.17) is 14.4 Å². The zero-order valence-electron chi connectivity index (χ0n) is 7.30. The minimum absolute atomic E-state index is 0. The fourth-order valence-corrected chi connectivity index (χ4v) is 0.802. The molecule has 1 atom stereocenters. The summed E-state index contributed by atoms with van der Waals surface area (Å²) >= 11 is 0. The summed E-state index contributed by atoms with van der Waals surface area (Å²) in [6.45, 7) is 2.50. The predicted octanol–water partition coefficient (Wildman–Crippen LogP) is -4.33. The van der Waals surface area contributed by atoms with Crippen LogP contribution in [-0.4, -0.2) is 23.5 Å². The average molecular weight is 223 g/mol. The maximum Gasteiger partial charge on any atom is 1.00 e. The number of rotatable bonds is 0. The Morgan fingerprint density at radius 2 is 1.58 bits per heavy atom. The first-order valence-corrected chi connectivity index (χ1v) is 4.60. The third-order valence-electron chi connectivity index (χ3n) is 1.21. The van der Waals surface area contributed by atoms with Gasteiger partial charge in [-0.25, -0.2) is 0 Å². The van der Waals surface area contributed by atoms with Gasteiger partial charge in [-0.3, -0.25) is 0 Å². The Morgan fingerprint density at radius 1 is 1.25 bits per heavy atom. The fourth-order valence-electron chi connectivity index (χ4n) is 0.802. The summed E-state index contributed by atoms with van der Waals surface area (Å²) in [4.78, 5) is 15.7. The zero-order chi connectivity index (χ0) is 7.82. The van der Waals surface area contributed by atoms with E-state index in [1.54, 1.807) is 0 Å². The minimum Gasteiger partial charge on any atom is -0.781 e. The quantitative estimate of drug-likeness (QED) is 0.320. The van der Waals surface area contributed by atoms with E-state index in [2.05, 4.69) is 5.32 Å². The molecule has 1 saturated heterocycles.